The molecule has 150 valence electrons. The van der Waals surface area contributed by atoms with Gasteiger partial charge in [0.2, 0.25) is 10.0 Å². The maximum atomic E-state index is 13.3. The van der Waals surface area contributed by atoms with E-state index >= 15 is 0 Å². The summed E-state index contributed by atoms with van der Waals surface area (Å²) in [5, 5.41) is 0. The van der Waals surface area contributed by atoms with E-state index in [1.54, 1.807) is 18.2 Å². The summed E-state index contributed by atoms with van der Waals surface area (Å²) in [5.41, 5.74) is 7.09. The van der Waals surface area contributed by atoms with Gasteiger partial charge in [-0.2, -0.15) is 0 Å². The number of hydrogen-bond donors (Lipinski definition) is 1. The van der Waals surface area contributed by atoms with Crippen molar-refractivity contribution < 1.29 is 13.2 Å². The van der Waals surface area contributed by atoms with Crippen LogP contribution in [0.25, 0.3) is 0 Å². The Morgan fingerprint density at radius 3 is 2.33 bits per heavy atom. The lowest BCUT2D eigenvalue weighted by Crippen LogP contribution is -2.40. The van der Waals surface area contributed by atoms with Gasteiger partial charge in [0.1, 0.15) is 0 Å². The summed E-state index contributed by atoms with van der Waals surface area (Å²) in [6.45, 7) is 3.79. The summed E-state index contributed by atoms with van der Waals surface area (Å²) in [7, 11) is -0.584. The van der Waals surface area contributed by atoms with Crippen molar-refractivity contribution in [1.82, 2.24) is 9.21 Å². The van der Waals surface area contributed by atoms with Gasteiger partial charge >= 0.3 is 0 Å². The van der Waals surface area contributed by atoms with Crippen molar-refractivity contribution in [1.29, 1.82) is 0 Å². The van der Waals surface area contributed by atoms with E-state index in [2.05, 4.69) is 4.90 Å². The summed E-state index contributed by atoms with van der Waals surface area (Å²) in [6, 6.07) is 4.96. The number of nitrogens with zero attached hydrogens (tertiary/aromatic N) is 3. The lowest BCUT2D eigenvalue weighted by Gasteiger charge is -2.33. The molecular formula is C19H30N4O3S. The Hall–Kier alpha value is -1.64. The van der Waals surface area contributed by atoms with Gasteiger partial charge in [-0.3, -0.25) is 4.79 Å². The molecule has 0 saturated carbocycles. The van der Waals surface area contributed by atoms with E-state index in [-0.39, 0.29) is 10.8 Å². The number of carbonyl (C=O) groups excluding carboxylic acids is 1. The first-order valence-corrected chi connectivity index (χ1v) is 11.1. The van der Waals surface area contributed by atoms with Crippen molar-refractivity contribution in [2.24, 2.45) is 11.7 Å². The van der Waals surface area contributed by atoms with E-state index in [1.807, 2.05) is 4.90 Å². The molecule has 7 nitrogen and oxygen atoms in total. The molecule has 2 fully saturated rings. The molecule has 8 heteroatoms. The van der Waals surface area contributed by atoms with Gasteiger partial charge in [-0.15, -0.1) is 0 Å². The Morgan fingerprint density at radius 1 is 1.15 bits per heavy atom. The number of nitrogens with two attached hydrogens (primary N) is 1. The van der Waals surface area contributed by atoms with Crippen molar-refractivity contribution in [2.45, 2.75) is 30.6 Å². The van der Waals surface area contributed by atoms with Crippen LogP contribution in [0.3, 0.4) is 0 Å². The topological polar surface area (TPSA) is 87.0 Å². The fourth-order valence-electron chi connectivity index (χ4n) is 3.83. The van der Waals surface area contributed by atoms with Gasteiger partial charge in [-0.25, -0.2) is 12.7 Å². The molecule has 0 unspecified atom stereocenters. The van der Waals surface area contributed by atoms with Crippen LogP contribution in [0.1, 0.15) is 36.0 Å². The van der Waals surface area contributed by atoms with Crippen LogP contribution in [-0.4, -0.2) is 70.3 Å². The van der Waals surface area contributed by atoms with Gasteiger partial charge in [0.05, 0.1) is 10.5 Å². The minimum atomic E-state index is -3.59. The van der Waals surface area contributed by atoms with E-state index < -0.39 is 10.0 Å². The third kappa shape index (κ3) is 4.12. The van der Waals surface area contributed by atoms with Gasteiger partial charge in [0.25, 0.3) is 5.91 Å². The highest BCUT2D eigenvalue weighted by molar-refractivity contribution is 7.89. The number of rotatable bonds is 5. The molecule has 0 aromatic heterocycles. The number of anilines is 1. The summed E-state index contributed by atoms with van der Waals surface area (Å²) >= 11 is 0. The van der Waals surface area contributed by atoms with Gasteiger partial charge < -0.3 is 15.5 Å². The van der Waals surface area contributed by atoms with E-state index in [4.69, 9.17) is 5.73 Å². The Bertz CT molecular complexity index is 780. The predicted molar refractivity (Wildman–Crippen MR) is 106 cm³/mol. The van der Waals surface area contributed by atoms with Crippen LogP contribution in [0.4, 0.5) is 5.69 Å². The van der Waals surface area contributed by atoms with Crippen molar-refractivity contribution in [2.75, 3.05) is 51.7 Å². The molecule has 2 aliphatic rings. The minimum Gasteiger partial charge on any atom is -0.371 e. The molecule has 0 aliphatic carbocycles. The molecule has 0 bridgehead atoms. The molecule has 2 saturated heterocycles. The molecule has 0 atom stereocenters. The van der Waals surface area contributed by atoms with Crippen molar-refractivity contribution in [3.63, 3.8) is 0 Å². The highest BCUT2D eigenvalue weighted by atomic mass is 32.2. The number of piperidine rings is 1. The molecule has 2 N–H and O–H groups in total. The lowest BCUT2D eigenvalue weighted by atomic mass is 9.96. The second kappa shape index (κ2) is 8.16. The maximum Gasteiger partial charge on any atom is 0.256 e. The highest BCUT2D eigenvalue weighted by Gasteiger charge is 2.29. The first-order chi connectivity index (χ1) is 12.8. The summed E-state index contributed by atoms with van der Waals surface area (Å²) in [4.78, 5) is 17.5. The van der Waals surface area contributed by atoms with Crippen LogP contribution in [0.5, 0.6) is 0 Å². The monoisotopic (exact) mass is 394 g/mol. The zero-order chi connectivity index (χ0) is 19.6. The van der Waals surface area contributed by atoms with Crippen LogP contribution in [0.2, 0.25) is 0 Å². The Labute approximate surface area is 162 Å². The third-order valence-corrected chi connectivity index (χ3v) is 7.47. The number of carbonyl (C=O) groups is 1. The predicted octanol–water partition coefficient (Wildman–Crippen LogP) is 1.35. The lowest BCUT2D eigenvalue weighted by molar-refractivity contribution is 0.0694. The number of likely N-dealkylation sites (tertiary alicyclic amines) is 1. The van der Waals surface area contributed by atoms with Crippen LogP contribution in [0, 0.1) is 5.92 Å². The molecule has 3 rings (SSSR count). The number of hydrogen-bond acceptors (Lipinski definition) is 5. The SMILES string of the molecule is CN(C)S(=O)(=O)c1ccc(N2CCCC2)c(C(=O)N2CCC(CN)CC2)c1. The highest BCUT2D eigenvalue weighted by Crippen LogP contribution is 2.30. The molecule has 1 aromatic carbocycles. The van der Waals surface area contributed by atoms with E-state index in [9.17, 15) is 13.2 Å². The molecule has 1 aromatic rings. The van der Waals surface area contributed by atoms with Crippen LogP contribution in [-0.2, 0) is 10.0 Å². The minimum absolute atomic E-state index is 0.0804. The quantitative estimate of drug-likeness (QED) is 0.815. The van der Waals surface area contributed by atoms with E-state index in [1.165, 1.54) is 18.4 Å². The van der Waals surface area contributed by atoms with Gasteiger partial charge in [-0.1, -0.05) is 0 Å². The second-order valence-electron chi connectivity index (χ2n) is 7.63. The molecule has 1 amide bonds. The van der Waals surface area contributed by atoms with Crippen molar-refractivity contribution >= 4 is 21.6 Å². The largest absolute Gasteiger partial charge is 0.371 e. The first-order valence-electron chi connectivity index (χ1n) is 9.65. The fourth-order valence-corrected chi connectivity index (χ4v) is 4.76. The normalized spacial score (nSPS) is 19.1. The molecule has 27 heavy (non-hydrogen) atoms. The first kappa shape index (κ1) is 20.1. The average Bonchev–Trinajstić information content (AvgIpc) is 3.21. The average molecular weight is 395 g/mol. The molecule has 0 spiro atoms. The third-order valence-electron chi connectivity index (χ3n) is 5.66. The smallest absolute Gasteiger partial charge is 0.256 e. The van der Waals surface area contributed by atoms with E-state index in [0.717, 1.165) is 44.5 Å². The van der Waals surface area contributed by atoms with Crippen LogP contribution in [0.15, 0.2) is 23.1 Å². The van der Waals surface area contributed by atoms with E-state index in [0.29, 0.717) is 31.1 Å². The summed E-state index contributed by atoms with van der Waals surface area (Å²) < 4.78 is 26.3. The van der Waals surface area contributed by atoms with Crippen molar-refractivity contribution in [3.05, 3.63) is 23.8 Å². The second-order valence-corrected chi connectivity index (χ2v) is 9.78. The zero-order valence-corrected chi connectivity index (χ0v) is 17.0. The number of benzene rings is 1. The Balaban J connectivity index is 1.96. The number of amides is 1. The summed E-state index contributed by atoms with van der Waals surface area (Å²) in [6.07, 6.45) is 3.98. The zero-order valence-electron chi connectivity index (χ0n) is 16.2. The molecule has 2 heterocycles. The number of sulfonamides is 1. The van der Waals surface area contributed by atoms with Crippen molar-refractivity contribution in [3.8, 4) is 0 Å². The maximum absolute atomic E-state index is 13.3. The molecular weight excluding hydrogens is 364 g/mol. The molecule has 2 aliphatic heterocycles. The van der Waals surface area contributed by atoms with Crippen LogP contribution < -0.4 is 10.6 Å². The standard InChI is InChI=1S/C19H30N4O3S/c1-21(2)27(25,26)16-5-6-18(22-9-3-4-10-22)17(13-16)19(24)23-11-7-15(14-20)8-12-23/h5-6,13,15H,3-4,7-12,14,20H2,1-2H3. The Kier molecular flexibility index (Phi) is 6.08. The van der Waals surface area contributed by atoms with Gasteiger partial charge in [0.15, 0.2) is 0 Å². The van der Waals surface area contributed by atoms with Gasteiger partial charge in [0, 0.05) is 46.0 Å². The fraction of sp³-hybridized carbons (Fsp3) is 0.632. The summed E-state index contributed by atoms with van der Waals surface area (Å²) in [5.74, 6) is 0.385. The Morgan fingerprint density at radius 2 is 1.78 bits per heavy atom. The molecule has 0 radical (unpaired) electrons. The van der Waals surface area contributed by atoms with Crippen LogP contribution >= 0.6 is 0 Å². The van der Waals surface area contributed by atoms with Gasteiger partial charge in [-0.05, 0) is 56.3 Å².